The second kappa shape index (κ2) is 9.94. The molecule has 3 aromatic carbocycles. The lowest BCUT2D eigenvalue weighted by molar-refractivity contribution is 0.236. The topological polar surface area (TPSA) is 28.2 Å². The number of piperazine rings is 1. The quantitative estimate of drug-likeness (QED) is 0.426. The summed E-state index contributed by atoms with van der Waals surface area (Å²) in [4.78, 5) is 6.95. The van der Waals surface area contributed by atoms with E-state index >= 15 is 0 Å². The third-order valence-electron chi connectivity index (χ3n) is 6.39. The van der Waals surface area contributed by atoms with Crippen molar-refractivity contribution in [3.05, 3.63) is 72.5 Å². The third kappa shape index (κ3) is 4.68. The molecule has 0 radical (unpaired) electrons. The summed E-state index contributed by atoms with van der Waals surface area (Å²) >= 11 is 0. The van der Waals surface area contributed by atoms with Crippen LogP contribution in [0.15, 0.2) is 66.7 Å². The molecule has 0 spiro atoms. The van der Waals surface area contributed by atoms with Gasteiger partial charge >= 0.3 is 0 Å². The Morgan fingerprint density at radius 2 is 1.47 bits per heavy atom. The Morgan fingerprint density at radius 1 is 0.824 bits per heavy atom. The molecule has 0 N–H and O–H groups in total. The minimum Gasteiger partial charge on any atom is -0.489 e. The molecule has 1 fully saturated rings. The van der Waals surface area contributed by atoms with Crippen LogP contribution >= 0.6 is 0 Å². The lowest BCUT2D eigenvalue weighted by Crippen LogP contribution is -2.47. The van der Waals surface area contributed by atoms with E-state index in [9.17, 15) is 4.39 Å². The summed E-state index contributed by atoms with van der Waals surface area (Å²) in [5.74, 6) is 2.22. The Balaban J connectivity index is 1.20. The maximum atomic E-state index is 14.7. The second-order valence-electron chi connectivity index (χ2n) is 9.12. The van der Waals surface area contributed by atoms with Crippen molar-refractivity contribution in [2.45, 2.75) is 26.4 Å². The first-order valence-electron chi connectivity index (χ1n) is 12.2. The van der Waals surface area contributed by atoms with Crippen molar-refractivity contribution in [2.24, 2.45) is 0 Å². The Bertz CT molecular complexity index is 1080. The number of anilines is 3. The minimum absolute atomic E-state index is 0.0114. The molecule has 0 amide bonds. The molecule has 178 valence electrons. The molecule has 6 heteroatoms. The fraction of sp³-hybridized carbons (Fsp3) is 0.357. The zero-order chi connectivity index (χ0) is 23.5. The molecule has 2 heterocycles. The van der Waals surface area contributed by atoms with Crippen molar-refractivity contribution in [1.29, 1.82) is 0 Å². The number of ether oxygens (including phenoxy) is 2. The summed E-state index contributed by atoms with van der Waals surface area (Å²) in [6, 6.07) is 21.5. The molecule has 1 saturated heterocycles. The van der Waals surface area contributed by atoms with E-state index in [0.717, 1.165) is 68.6 Å². The highest BCUT2D eigenvalue weighted by molar-refractivity contribution is 5.77. The van der Waals surface area contributed by atoms with E-state index in [-0.39, 0.29) is 11.9 Å². The molecule has 2 aliphatic rings. The summed E-state index contributed by atoms with van der Waals surface area (Å²) in [6.45, 7) is 9.25. The highest BCUT2D eigenvalue weighted by Gasteiger charge is 2.25. The van der Waals surface area contributed by atoms with Crippen molar-refractivity contribution < 1.29 is 13.9 Å². The summed E-state index contributed by atoms with van der Waals surface area (Å²) in [7, 11) is 0. The number of para-hydroxylation sites is 5. The van der Waals surface area contributed by atoms with E-state index in [0.29, 0.717) is 11.4 Å². The van der Waals surface area contributed by atoms with Gasteiger partial charge in [-0.2, -0.15) is 0 Å². The van der Waals surface area contributed by atoms with Crippen LogP contribution in [0.4, 0.5) is 21.5 Å². The maximum absolute atomic E-state index is 14.7. The molecule has 3 aromatic rings. The van der Waals surface area contributed by atoms with E-state index in [1.54, 1.807) is 6.07 Å². The van der Waals surface area contributed by atoms with Gasteiger partial charge < -0.3 is 19.3 Å². The van der Waals surface area contributed by atoms with Gasteiger partial charge in [0.25, 0.3) is 0 Å². The van der Waals surface area contributed by atoms with E-state index < -0.39 is 0 Å². The number of nitrogens with zero attached hydrogens (tertiary/aromatic N) is 3. The smallest absolute Gasteiger partial charge is 0.151 e. The van der Waals surface area contributed by atoms with Gasteiger partial charge in [-0.1, -0.05) is 30.3 Å². The predicted octanol–water partition coefficient (Wildman–Crippen LogP) is 6.07. The molecule has 34 heavy (non-hydrogen) atoms. The Kier molecular flexibility index (Phi) is 6.59. The van der Waals surface area contributed by atoms with Crippen LogP contribution in [0.1, 0.15) is 20.3 Å². The van der Waals surface area contributed by atoms with Crippen molar-refractivity contribution in [3.63, 3.8) is 0 Å². The van der Waals surface area contributed by atoms with Crippen LogP contribution in [-0.2, 0) is 0 Å². The largest absolute Gasteiger partial charge is 0.489 e. The Hall–Kier alpha value is -3.25. The van der Waals surface area contributed by atoms with Gasteiger partial charge in [0.1, 0.15) is 17.3 Å². The molecular weight excluding hydrogens is 429 g/mol. The number of halogens is 1. The third-order valence-corrected chi connectivity index (χ3v) is 6.39. The van der Waals surface area contributed by atoms with Gasteiger partial charge in [-0.05, 0) is 63.2 Å². The highest BCUT2D eigenvalue weighted by Crippen LogP contribution is 2.46. The lowest BCUT2D eigenvalue weighted by Gasteiger charge is -2.37. The zero-order valence-corrected chi connectivity index (χ0v) is 19.9. The fourth-order valence-corrected chi connectivity index (χ4v) is 4.82. The van der Waals surface area contributed by atoms with Gasteiger partial charge in [-0.25, -0.2) is 4.39 Å². The van der Waals surface area contributed by atoms with Gasteiger partial charge in [-0.3, -0.25) is 4.90 Å². The Labute approximate surface area is 201 Å². The summed E-state index contributed by atoms with van der Waals surface area (Å²) < 4.78 is 26.7. The van der Waals surface area contributed by atoms with Crippen LogP contribution in [0.5, 0.6) is 17.2 Å². The molecule has 5 nitrogen and oxygen atoms in total. The molecule has 0 bridgehead atoms. The fourth-order valence-electron chi connectivity index (χ4n) is 4.82. The first kappa shape index (κ1) is 22.5. The molecular formula is C28H32FN3O2. The molecule has 5 rings (SSSR count). The standard InChI is InChI=1S/C28H32FN3O2/c1-21(2)33-27-14-7-9-22(29)28(27)31-19-17-30(18-20-31)15-8-16-32-23-10-3-5-12-25(23)34-26-13-6-4-11-24(26)32/h3-7,9-14,21H,8,15-20H2,1-2H3. The lowest BCUT2D eigenvalue weighted by atomic mass is 10.1. The first-order valence-corrected chi connectivity index (χ1v) is 12.2. The van der Waals surface area contributed by atoms with Crippen molar-refractivity contribution >= 4 is 17.1 Å². The summed E-state index contributed by atoms with van der Waals surface area (Å²) in [6.07, 6.45) is 1.04. The number of fused-ring (bicyclic) bond motifs is 2. The van der Waals surface area contributed by atoms with Crippen molar-refractivity contribution in [3.8, 4) is 17.2 Å². The predicted molar refractivity (Wildman–Crippen MR) is 135 cm³/mol. The average Bonchev–Trinajstić information content (AvgIpc) is 2.84. The molecule has 0 aromatic heterocycles. The van der Waals surface area contributed by atoms with Crippen LogP contribution in [-0.4, -0.2) is 50.3 Å². The Morgan fingerprint density at radius 3 is 2.12 bits per heavy atom. The van der Waals surface area contributed by atoms with E-state index in [4.69, 9.17) is 9.47 Å². The minimum atomic E-state index is -0.212. The molecule has 0 atom stereocenters. The van der Waals surface area contributed by atoms with Gasteiger partial charge in [0.05, 0.1) is 17.5 Å². The van der Waals surface area contributed by atoms with Crippen LogP contribution in [0.25, 0.3) is 0 Å². The van der Waals surface area contributed by atoms with Crippen molar-refractivity contribution in [2.75, 3.05) is 49.1 Å². The summed E-state index contributed by atoms with van der Waals surface area (Å²) in [5, 5.41) is 0. The average molecular weight is 462 g/mol. The molecule has 2 aliphatic heterocycles. The monoisotopic (exact) mass is 461 g/mol. The van der Waals surface area contributed by atoms with Crippen molar-refractivity contribution in [1.82, 2.24) is 4.90 Å². The van der Waals surface area contributed by atoms with Crippen LogP contribution in [0.3, 0.4) is 0 Å². The van der Waals surface area contributed by atoms with Gasteiger partial charge in [0.15, 0.2) is 11.5 Å². The number of rotatable bonds is 7. The number of hydrogen-bond acceptors (Lipinski definition) is 5. The maximum Gasteiger partial charge on any atom is 0.151 e. The van der Waals surface area contributed by atoms with E-state index in [1.807, 2.05) is 44.2 Å². The van der Waals surface area contributed by atoms with Gasteiger partial charge in [0.2, 0.25) is 0 Å². The molecule has 0 unspecified atom stereocenters. The normalized spacial score (nSPS) is 15.6. The van der Waals surface area contributed by atoms with Crippen LogP contribution in [0, 0.1) is 5.82 Å². The molecule has 0 saturated carbocycles. The van der Waals surface area contributed by atoms with Gasteiger partial charge in [-0.15, -0.1) is 0 Å². The first-order chi connectivity index (χ1) is 16.6. The zero-order valence-electron chi connectivity index (χ0n) is 19.9. The van der Waals surface area contributed by atoms with E-state index in [2.05, 4.69) is 39.0 Å². The SMILES string of the molecule is CC(C)Oc1cccc(F)c1N1CCN(CCCN2c3ccccc3Oc3ccccc32)CC1. The van der Waals surface area contributed by atoms with Crippen LogP contribution in [0.2, 0.25) is 0 Å². The highest BCUT2D eigenvalue weighted by atomic mass is 19.1. The number of benzene rings is 3. The van der Waals surface area contributed by atoms with Gasteiger partial charge in [0, 0.05) is 32.7 Å². The van der Waals surface area contributed by atoms with E-state index in [1.165, 1.54) is 6.07 Å². The molecule has 0 aliphatic carbocycles. The second-order valence-corrected chi connectivity index (χ2v) is 9.12. The summed E-state index contributed by atoms with van der Waals surface area (Å²) in [5.41, 5.74) is 2.82. The number of hydrogen-bond donors (Lipinski definition) is 0. The van der Waals surface area contributed by atoms with Crippen LogP contribution < -0.4 is 19.3 Å².